The van der Waals surface area contributed by atoms with Gasteiger partial charge in [0.1, 0.15) is 5.82 Å². The maximum Gasteiger partial charge on any atom is 0.315 e. The Hall–Kier alpha value is -3.35. The van der Waals surface area contributed by atoms with Crippen molar-refractivity contribution in [2.24, 2.45) is 0 Å². The number of nitrogens with one attached hydrogen (secondary N) is 2. The van der Waals surface area contributed by atoms with Crippen molar-refractivity contribution < 1.29 is 4.79 Å². The van der Waals surface area contributed by atoms with E-state index in [-0.39, 0.29) is 12.1 Å². The number of hydrogen-bond acceptors (Lipinski definition) is 4. The minimum Gasteiger partial charge on any atom is -0.356 e. The van der Waals surface area contributed by atoms with E-state index in [2.05, 4.69) is 25.6 Å². The van der Waals surface area contributed by atoms with Crippen LogP contribution in [0.2, 0.25) is 0 Å². The van der Waals surface area contributed by atoms with Crippen molar-refractivity contribution in [1.29, 1.82) is 0 Å². The fourth-order valence-electron chi connectivity index (χ4n) is 3.66. The van der Waals surface area contributed by atoms with Crippen LogP contribution in [-0.2, 0) is 6.54 Å². The molecule has 4 rings (SSSR count). The largest absolute Gasteiger partial charge is 0.356 e. The zero-order chi connectivity index (χ0) is 20.1. The lowest BCUT2D eigenvalue weighted by molar-refractivity contribution is 0.234. The first-order chi connectivity index (χ1) is 14.2. The summed E-state index contributed by atoms with van der Waals surface area (Å²) in [4.78, 5) is 19.3. The van der Waals surface area contributed by atoms with E-state index in [9.17, 15) is 4.79 Å². The summed E-state index contributed by atoms with van der Waals surface area (Å²) >= 11 is 0. The van der Waals surface area contributed by atoms with Crippen LogP contribution in [0.4, 0.5) is 10.6 Å². The lowest BCUT2D eigenvalue weighted by atomic mass is 10.1. The van der Waals surface area contributed by atoms with Crippen molar-refractivity contribution in [2.75, 3.05) is 18.0 Å². The highest BCUT2D eigenvalue weighted by atomic mass is 16.2. The van der Waals surface area contributed by atoms with E-state index in [0.717, 1.165) is 48.7 Å². The van der Waals surface area contributed by atoms with E-state index < -0.39 is 0 Å². The second-order valence-corrected chi connectivity index (χ2v) is 7.30. The number of hydrogen-bond donors (Lipinski definition) is 2. The summed E-state index contributed by atoms with van der Waals surface area (Å²) < 4.78 is 1.81. The Bertz CT molecular complexity index is 947. The molecule has 0 saturated carbocycles. The lowest BCUT2D eigenvalue weighted by Gasteiger charge is -2.33. The molecule has 1 aliphatic heterocycles. The highest BCUT2D eigenvalue weighted by Gasteiger charge is 2.21. The van der Waals surface area contributed by atoms with Crippen molar-refractivity contribution in [3.8, 4) is 5.69 Å². The molecular weight excluding hydrogens is 364 g/mol. The third kappa shape index (κ3) is 4.74. The average molecular weight is 390 g/mol. The second kappa shape index (κ2) is 8.77. The fourth-order valence-corrected chi connectivity index (χ4v) is 3.66. The van der Waals surface area contributed by atoms with Crippen molar-refractivity contribution in [3.63, 3.8) is 0 Å². The zero-order valence-electron chi connectivity index (χ0n) is 16.6. The molecule has 2 N–H and O–H groups in total. The maximum absolute atomic E-state index is 12.4. The predicted molar refractivity (Wildman–Crippen MR) is 113 cm³/mol. The number of nitrogens with zero attached hydrogens (tertiary/aromatic N) is 4. The number of para-hydroxylation sites is 1. The Morgan fingerprint density at radius 1 is 1.10 bits per heavy atom. The molecule has 3 aromatic rings. The van der Waals surface area contributed by atoms with Gasteiger partial charge in [-0.15, -0.1) is 0 Å². The number of urea groups is 1. The number of anilines is 1. The van der Waals surface area contributed by atoms with E-state index in [1.54, 1.807) is 6.20 Å². The van der Waals surface area contributed by atoms with E-state index >= 15 is 0 Å². The minimum atomic E-state index is -0.132. The molecule has 2 amide bonds. The Labute approximate surface area is 170 Å². The van der Waals surface area contributed by atoms with Crippen LogP contribution in [0.15, 0.2) is 60.9 Å². The highest BCUT2D eigenvalue weighted by molar-refractivity contribution is 5.74. The van der Waals surface area contributed by atoms with Crippen molar-refractivity contribution in [2.45, 2.75) is 32.4 Å². The lowest BCUT2D eigenvalue weighted by Crippen LogP contribution is -2.48. The first-order valence-electron chi connectivity index (χ1n) is 10.00. The quantitative estimate of drug-likeness (QED) is 0.702. The number of piperidine rings is 1. The minimum absolute atomic E-state index is 0.132. The van der Waals surface area contributed by atoms with E-state index in [1.807, 2.05) is 66.3 Å². The van der Waals surface area contributed by atoms with Gasteiger partial charge in [-0.05, 0) is 49.6 Å². The van der Waals surface area contributed by atoms with Gasteiger partial charge in [-0.3, -0.25) is 0 Å². The average Bonchev–Trinajstić information content (AvgIpc) is 3.28. The number of carbonyl (C=O) groups excluding carboxylic acids is 1. The third-order valence-electron chi connectivity index (χ3n) is 5.21. The maximum atomic E-state index is 12.4. The van der Waals surface area contributed by atoms with Gasteiger partial charge in [-0.2, -0.15) is 5.10 Å². The van der Waals surface area contributed by atoms with Gasteiger partial charge in [0.05, 0.1) is 5.69 Å². The summed E-state index contributed by atoms with van der Waals surface area (Å²) in [6.45, 7) is 4.24. The number of aromatic nitrogens is 3. The van der Waals surface area contributed by atoms with Crippen LogP contribution in [0.1, 0.15) is 24.1 Å². The van der Waals surface area contributed by atoms with Gasteiger partial charge in [-0.1, -0.05) is 24.3 Å². The predicted octanol–water partition coefficient (Wildman–Crippen LogP) is 3.04. The SMILES string of the molecule is Cc1cccc(N2CCC(NC(=O)NCc3ccccc3-n3cccn3)CC2)n1. The Morgan fingerprint density at radius 2 is 1.93 bits per heavy atom. The molecule has 0 radical (unpaired) electrons. The molecule has 150 valence electrons. The van der Waals surface area contributed by atoms with E-state index in [0.29, 0.717) is 6.54 Å². The topological polar surface area (TPSA) is 75.1 Å². The van der Waals surface area contributed by atoms with Crippen LogP contribution >= 0.6 is 0 Å². The van der Waals surface area contributed by atoms with Crippen molar-refractivity contribution in [1.82, 2.24) is 25.4 Å². The standard InChI is InChI=1S/C22H26N6O/c1-17-6-4-9-21(25-17)27-14-10-19(11-15-27)26-22(29)23-16-18-7-2-3-8-20(18)28-13-5-12-24-28/h2-9,12-13,19H,10-11,14-16H2,1H3,(H2,23,26,29). The van der Waals surface area contributed by atoms with Crippen LogP contribution in [0, 0.1) is 6.92 Å². The van der Waals surface area contributed by atoms with Gasteiger partial charge < -0.3 is 15.5 Å². The van der Waals surface area contributed by atoms with Crippen LogP contribution < -0.4 is 15.5 Å². The van der Waals surface area contributed by atoms with Gasteiger partial charge in [0.2, 0.25) is 0 Å². The molecule has 0 aliphatic carbocycles. The van der Waals surface area contributed by atoms with Crippen LogP contribution in [0.5, 0.6) is 0 Å². The summed E-state index contributed by atoms with van der Waals surface area (Å²) in [7, 11) is 0. The smallest absolute Gasteiger partial charge is 0.315 e. The van der Waals surface area contributed by atoms with Gasteiger partial charge in [-0.25, -0.2) is 14.5 Å². The molecular formula is C22H26N6O. The molecule has 7 heteroatoms. The van der Waals surface area contributed by atoms with Crippen LogP contribution in [-0.4, -0.2) is 39.9 Å². The molecule has 1 saturated heterocycles. The van der Waals surface area contributed by atoms with Crippen molar-refractivity contribution in [3.05, 3.63) is 72.2 Å². The molecule has 0 unspecified atom stereocenters. The van der Waals surface area contributed by atoms with Crippen molar-refractivity contribution >= 4 is 11.8 Å². The summed E-state index contributed by atoms with van der Waals surface area (Å²) in [5, 5.41) is 10.4. The first-order valence-corrected chi connectivity index (χ1v) is 10.00. The summed E-state index contributed by atoms with van der Waals surface area (Å²) in [6, 6.07) is 16.0. The normalized spacial score (nSPS) is 14.6. The van der Waals surface area contributed by atoms with Gasteiger partial charge >= 0.3 is 6.03 Å². The summed E-state index contributed by atoms with van der Waals surface area (Å²) in [6.07, 6.45) is 5.46. The van der Waals surface area contributed by atoms with Crippen LogP contribution in [0.25, 0.3) is 5.69 Å². The molecule has 1 aromatic carbocycles. The number of aryl methyl sites for hydroxylation is 1. The Balaban J connectivity index is 1.27. The molecule has 2 aromatic heterocycles. The molecule has 0 bridgehead atoms. The Kier molecular flexibility index (Phi) is 5.74. The molecule has 1 aliphatic rings. The molecule has 29 heavy (non-hydrogen) atoms. The van der Waals surface area contributed by atoms with E-state index in [1.165, 1.54) is 0 Å². The highest BCUT2D eigenvalue weighted by Crippen LogP contribution is 2.18. The summed E-state index contributed by atoms with van der Waals surface area (Å²) in [5.41, 5.74) is 3.01. The van der Waals surface area contributed by atoms with Gasteiger partial charge in [0.15, 0.2) is 0 Å². The van der Waals surface area contributed by atoms with Gasteiger partial charge in [0, 0.05) is 43.8 Å². The molecule has 0 atom stereocenters. The van der Waals surface area contributed by atoms with E-state index in [4.69, 9.17) is 0 Å². The fraction of sp³-hybridized carbons (Fsp3) is 0.318. The molecule has 1 fully saturated rings. The zero-order valence-corrected chi connectivity index (χ0v) is 16.6. The second-order valence-electron chi connectivity index (χ2n) is 7.30. The number of pyridine rings is 1. The number of carbonyl (C=O) groups is 1. The molecule has 0 spiro atoms. The Morgan fingerprint density at radius 3 is 2.69 bits per heavy atom. The van der Waals surface area contributed by atoms with Crippen LogP contribution in [0.3, 0.4) is 0 Å². The van der Waals surface area contributed by atoms with Gasteiger partial charge in [0.25, 0.3) is 0 Å². The number of amides is 2. The first kappa shape index (κ1) is 19.0. The number of benzene rings is 1. The number of rotatable bonds is 5. The monoisotopic (exact) mass is 390 g/mol. The molecule has 7 nitrogen and oxygen atoms in total. The molecule has 3 heterocycles. The summed E-state index contributed by atoms with van der Waals surface area (Å²) in [5.74, 6) is 1.02. The third-order valence-corrected chi connectivity index (χ3v) is 5.21.